The second-order valence-corrected chi connectivity index (χ2v) is 2.64. The summed E-state index contributed by atoms with van der Waals surface area (Å²) in [7, 11) is 0. The SMILES string of the molecule is C=C(O)C#N.C=CC=C.C=Cc1ccccc1. The van der Waals surface area contributed by atoms with Gasteiger partial charge in [-0.1, -0.05) is 68.3 Å². The highest BCUT2D eigenvalue weighted by Gasteiger charge is 1.75. The maximum atomic E-state index is 7.81. The zero-order chi connectivity index (χ0) is 13.5. The summed E-state index contributed by atoms with van der Waals surface area (Å²) >= 11 is 0. The first-order valence-corrected chi connectivity index (χ1v) is 4.81. The van der Waals surface area contributed by atoms with E-state index in [0.29, 0.717) is 0 Å². The van der Waals surface area contributed by atoms with E-state index in [9.17, 15) is 0 Å². The molecule has 0 fully saturated rings. The molecule has 1 N–H and O–H groups in total. The molecule has 0 saturated carbocycles. The van der Waals surface area contributed by atoms with Crippen molar-refractivity contribution in [3.05, 3.63) is 80.1 Å². The fourth-order valence-corrected chi connectivity index (χ4v) is 0.589. The zero-order valence-electron chi connectivity index (χ0n) is 9.84. The summed E-state index contributed by atoms with van der Waals surface area (Å²) < 4.78 is 0. The molecule has 0 aliphatic rings. The Morgan fingerprint density at radius 1 is 1.12 bits per heavy atom. The first kappa shape index (κ1) is 16.9. The Morgan fingerprint density at radius 3 is 1.71 bits per heavy atom. The Morgan fingerprint density at radius 2 is 1.53 bits per heavy atom. The second kappa shape index (κ2) is 13.5. The summed E-state index contributed by atoms with van der Waals surface area (Å²) in [6.45, 7) is 13.2. The van der Waals surface area contributed by atoms with Gasteiger partial charge in [-0.3, -0.25) is 0 Å². The van der Waals surface area contributed by atoms with E-state index < -0.39 is 5.76 Å². The topological polar surface area (TPSA) is 44.0 Å². The van der Waals surface area contributed by atoms with Crippen LogP contribution in [0, 0.1) is 11.3 Å². The number of benzene rings is 1. The highest BCUT2D eigenvalue weighted by atomic mass is 16.3. The van der Waals surface area contributed by atoms with Crippen LogP contribution < -0.4 is 0 Å². The molecule has 0 bridgehead atoms. The largest absolute Gasteiger partial charge is 0.500 e. The maximum Gasteiger partial charge on any atom is 0.187 e. The Kier molecular flexibility index (Phi) is 13.4. The standard InChI is InChI=1S/C8H8.C4H6.C3H3NO/c1-2-8-6-4-3-5-7-8;1-3-4-2;1-3(5)2-4/h2-7H,1H2;3-4H,1-2H2;5H,1H2. The smallest absolute Gasteiger partial charge is 0.187 e. The Bertz CT molecular complexity index is 379. The van der Waals surface area contributed by atoms with Crippen molar-refractivity contribution in [3.63, 3.8) is 0 Å². The van der Waals surface area contributed by atoms with Gasteiger partial charge >= 0.3 is 0 Å². The third kappa shape index (κ3) is 16.2. The lowest BCUT2D eigenvalue weighted by Crippen LogP contribution is -1.63. The van der Waals surface area contributed by atoms with Crippen molar-refractivity contribution in [2.45, 2.75) is 0 Å². The average molecular weight is 227 g/mol. The van der Waals surface area contributed by atoms with Crippen molar-refractivity contribution in [2.75, 3.05) is 0 Å². The molecule has 0 aliphatic carbocycles. The van der Waals surface area contributed by atoms with Crippen LogP contribution in [0.3, 0.4) is 0 Å². The van der Waals surface area contributed by atoms with Crippen LogP contribution in [0.1, 0.15) is 5.56 Å². The van der Waals surface area contributed by atoms with Crippen molar-refractivity contribution >= 4 is 6.08 Å². The molecule has 0 aliphatic heterocycles. The summed E-state index contributed by atoms with van der Waals surface area (Å²) in [4.78, 5) is 0. The van der Waals surface area contributed by atoms with E-state index in [1.807, 2.05) is 36.4 Å². The summed E-state index contributed by atoms with van der Waals surface area (Å²) in [6, 6.07) is 11.4. The lowest BCUT2D eigenvalue weighted by Gasteiger charge is -1.85. The number of allylic oxidation sites excluding steroid dienone is 3. The molecular formula is C15H17NO. The van der Waals surface area contributed by atoms with Gasteiger partial charge in [0.25, 0.3) is 0 Å². The minimum atomic E-state index is -0.440. The minimum absolute atomic E-state index is 0.440. The van der Waals surface area contributed by atoms with Gasteiger partial charge in [-0.05, 0) is 12.1 Å². The number of rotatable bonds is 2. The molecule has 0 radical (unpaired) electrons. The molecule has 1 rings (SSSR count). The molecular weight excluding hydrogens is 210 g/mol. The van der Waals surface area contributed by atoms with Crippen LogP contribution in [0.15, 0.2) is 74.6 Å². The van der Waals surface area contributed by atoms with E-state index in [1.165, 1.54) is 11.6 Å². The number of aliphatic hydroxyl groups excluding tert-OH is 1. The van der Waals surface area contributed by atoms with Crippen LogP contribution in [0.25, 0.3) is 6.08 Å². The Balaban J connectivity index is 0. The van der Waals surface area contributed by atoms with E-state index in [1.54, 1.807) is 12.2 Å². The minimum Gasteiger partial charge on any atom is -0.500 e. The summed E-state index contributed by atoms with van der Waals surface area (Å²) in [5, 5.41) is 15.3. The first-order valence-electron chi connectivity index (χ1n) is 4.81. The van der Waals surface area contributed by atoms with Gasteiger partial charge < -0.3 is 5.11 Å². The highest BCUT2D eigenvalue weighted by Crippen LogP contribution is 1.97. The summed E-state index contributed by atoms with van der Waals surface area (Å²) in [5.41, 5.74) is 1.17. The molecule has 0 saturated heterocycles. The predicted octanol–water partition coefficient (Wildman–Crippen LogP) is 4.27. The van der Waals surface area contributed by atoms with Crippen LogP contribution in [0.5, 0.6) is 0 Å². The number of hydrogen-bond acceptors (Lipinski definition) is 2. The van der Waals surface area contributed by atoms with Crippen LogP contribution in [0.2, 0.25) is 0 Å². The van der Waals surface area contributed by atoms with Gasteiger partial charge in [0.1, 0.15) is 6.07 Å². The van der Waals surface area contributed by atoms with Crippen molar-refractivity contribution < 1.29 is 5.11 Å². The van der Waals surface area contributed by atoms with E-state index in [-0.39, 0.29) is 0 Å². The first-order chi connectivity index (χ1) is 8.12. The molecule has 0 heterocycles. The normalized spacial score (nSPS) is 6.76. The number of aliphatic hydroxyl groups is 1. The number of hydrogen-bond donors (Lipinski definition) is 1. The van der Waals surface area contributed by atoms with Crippen molar-refractivity contribution in [1.82, 2.24) is 0 Å². The van der Waals surface area contributed by atoms with Crippen molar-refractivity contribution in [3.8, 4) is 6.07 Å². The van der Waals surface area contributed by atoms with Crippen LogP contribution >= 0.6 is 0 Å². The van der Waals surface area contributed by atoms with Gasteiger partial charge in [0.15, 0.2) is 5.76 Å². The average Bonchev–Trinajstić information content (AvgIpc) is 2.40. The molecule has 17 heavy (non-hydrogen) atoms. The summed E-state index contributed by atoms with van der Waals surface area (Å²) in [6.07, 6.45) is 5.11. The van der Waals surface area contributed by atoms with E-state index in [4.69, 9.17) is 10.4 Å². The van der Waals surface area contributed by atoms with Gasteiger partial charge in [0, 0.05) is 0 Å². The monoisotopic (exact) mass is 227 g/mol. The Hall–Kier alpha value is -2.53. The number of nitrogens with zero attached hydrogens (tertiary/aromatic N) is 1. The molecule has 2 heteroatoms. The van der Waals surface area contributed by atoms with Crippen molar-refractivity contribution in [1.29, 1.82) is 5.26 Å². The molecule has 0 aromatic heterocycles. The number of nitriles is 1. The molecule has 0 amide bonds. The van der Waals surface area contributed by atoms with Gasteiger partial charge in [-0.15, -0.1) is 0 Å². The second-order valence-electron chi connectivity index (χ2n) is 2.64. The Labute approximate surface area is 103 Å². The third-order valence-electron chi connectivity index (χ3n) is 1.33. The molecule has 0 unspecified atom stereocenters. The van der Waals surface area contributed by atoms with Gasteiger partial charge in [-0.25, -0.2) is 0 Å². The molecule has 0 atom stereocenters. The lowest BCUT2D eigenvalue weighted by atomic mass is 10.2. The molecule has 88 valence electrons. The third-order valence-corrected chi connectivity index (χ3v) is 1.33. The zero-order valence-corrected chi connectivity index (χ0v) is 9.84. The fourth-order valence-electron chi connectivity index (χ4n) is 0.589. The van der Waals surface area contributed by atoms with Gasteiger partial charge in [-0.2, -0.15) is 5.26 Å². The maximum absolute atomic E-state index is 7.81. The van der Waals surface area contributed by atoms with Crippen molar-refractivity contribution in [2.24, 2.45) is 0 Å². The highest BCUT2D eigenvalue weighted by molar-refractivity contribution is 5.45. The molecule has 0 spiro atoms. The predicted molar refractivity (Wildman–Crippen MR) is 74.3 cm³/mol. The van der Waals surface area contributed by atoms with Gasteiger partial charge in [0.05, 0.1) is 0 Å². The fraction of sp³-hybridized carbons (Fsp3) is 0. The van der Waals surface area contributed by atoms with Crippen LogP contribution in [-0.2, 0) is 0 Å². The van der Waals surface area contributed by atoms with Crippen LogP contribution in [-0.4, -0.2) is 5.11 Å². The molecule has 1 aromatic carbocycles. The lowest BCUT2D eigenvalue weighted by molar-refractivity contribution is 0.439. The summed E-state index contributed by atoms with van der Waals surface area (Å²) in [5.74, 6) is -0.440. The van der Waals surface area contributed by atoms with E-state index >= 15 is 0 Å². The van der Waals surface area contributed by atoms with Gasteiger partial charge in [0.2, 0.25) is 0 Å². The quantitative estimate of drug-likeness (QED) is 0.355. The molecule has 1 aromatic rings. The van der Waals surface area contributed by atoms with Crippen LogP contribution in [0.4, 0.5) is 0 Å². The van der Waals surface area contributed by atoms with E-state index in [2.05, 4.69) is 26.3 Å². The molecule has 2 nitrogen and oxygen atoms in total. The van der Waals surface area contributed by atoms with E-state index in [0.717, 1.165) is 0 Å².